The van der Waals surface area contributed by atoms with Crippen LogP contribution in [-0.2, 0) is 19.2 Å². The second kappa shape index (κ2) is 10.0. The Balaban J connectivity index is 1.73. The smallest absolute Gasteiger partial charge is 0.144 e. The van der Waals surface area contributed by atoms with E-state index in [0.29, 0.717) is 5.56 Å². The molecule has 0 amide bonds. The van der Waals surface area contributed by atoms with Gasteiger partial charge in [-0.05, 0) is 33.6 Å². The molecule has 0 bridgehead atoms. The van der Waals surface area contributed by atoms with Crippen LogP contribution in [0.5, 0.6) is 0 Å². The summed E-state index contributed by atoms with van der Waals surface area (Å²) in [7, 11) is 0. The van der Waals surface area contributed by atoms with Crippen LogP contribution in [0.3, 0.4) is 0 Å². The molecule has 0 radical (unpaired) electrons. The van der Waals surface area contributed by atoms with Crippen molar-refractivity contribution in [3.8, 4) is 0 Å². The molecule has 2 fully saturated rings. The van der Waals surface area contributed by atoms with E-state index in [9.17, 15) is 19.2 Å². The Hall–Kier alpha value is -2.66. The van der Waals surface area contributed by atoms with E-state index in [2.05, 4.69) is 15.9 Å². The van der Waals surface area contributed by atoms with Crippen LogP contribution in [0.1, 0.15) is 76.0 Å². The molecular weight excluding hydrogens is 516 g/mol. The Bertz CT molecular complexity index is 1130. The molecule has 2 aliphatic carbocycles. The Kier molecular flexibility index (Phi) is 7.34. The SMILES string of the molecule is CC1(C)CC(=O)C(C(c2ccc(/C(Br)=C/c3ccccc3)cc2)C2C(=O)CC(C)(C)CC2=O)C(=O)C1. The average Bonchev–Trinajstić information content (AvgIpc) is 2.76. The molecule has 36 heavy (non-hydrogen) atoms. The first-order valence-corrected chi connectivity index (χ1v) is 13.3. The summed E-state index contributed by atoms with van der Waals surface area (Å²) in [4.78, 5) is 53.3. The molecule has 0 spiro atoms. The quantitative estimate of drug-likeness (QED) is 0.304. The van der Waals surface area contributed by atoms with Crippen molar-refractivity contribution in [2.75, 3.05) is 0 Å². The van der Waals surface area contributed by atoms with Crippen LogP contribution in [0, 0.1) is 22.7 Å². The van der Waals surface area contributed by atoms with Gasteiger partial charge in [-0.2, -0.15) is 0 Å². The van der Waals surface area contributed by atoms with Crippen molar-refractivity contribution in [1.82, 2.24) is 0 Å². The molecule has 0 aliphatic heterocycles. The molecule has 188 valence electrons. The van der Waals surface area contributed by atoms with Crippen LogP contribution in [0.4, 0.5) is 0 Å². The molecule has 0 atom stereocenters. The lowest BCUT2D eigenvalue weighted by Gasteiger charge is -2.41. The fourth-order valence-electron chi connectivity index (χ4n) is 5.83. The lowest BCUT2D eigenvalue weighted by molar-refractivity contribution is -0.145. The van der Waals surface area contributed by atoms with Crippen molar-refractivity contribution in [3.63, 3.8) is 0 Å². The van der Waals surface area contributed by atoms with Crippen LogP contribution < -0.4 is 0 Å². The number of hydrogen-bond acceptors (Lipinski definition) is 4. The number of halogens is 1. The molecule has 2 saturated carbocycles. The third-order valence-electron chi connectivity index (χ3n) is 7.38. The maximum atomic E-state index is 13.3. The van der Waals surface area contributed by atoms with Gasteiger partial charge >= 0.3 is 0 Å². The number of ketones is 4. The minimum absolute atomic E-state index is 0.166. The van der Waals surface area contributed by atoms with E-state index in [1.165, 1.54) is 0 Å². The first-order valence-electron chi connectivity index (χ1n) is 12.5. The van der Waals surface area contributed by atoms with Gasteiger partial charge in [-0.25, -0.2) is 0 Å². The molecule has 0 saturated heterocycles. The number of benzene rings is 2. The van der Waals surface area contributed by atoms with Gasteiger partial charge in [0.2, 0.25) is 0 Å². The van der Waals surface area contributed by atoms with Crippen LogP contribution in [0.25, 0.3) is 10.6 Å². The van der Waals surface area contributed by atoms with Gasteiger partial charge in [0.25, 0.3) is 0 Å². The normalized spacial score (nSPS) is 21.3. The van der Waals surface area contributed by atoms with Crippen molar-refractivity contribution in [2.24, 2.45) is 22.7 Å². The van der Waals surface area contributed by atoms with Crippen molar-refractivity contribution >= 4 is 49.6 Å². The van der Waals surface area contributed by atoms with Gasteiger partial charge in [0.1, 0.15) is 23.1 Å². The van der Waals surface area contributed by atoms with Crippen LogP contribution in [-0.4, -0.2) is 23.1 Å². The van der Waals surface area contributed by atoms with Crippen LogP contribution in [0.2, 0.25) is 0 Å². The third kappa shape index (κ3) is 5.67. The summed E-state index contributed by atoms with van der Waals surface area (Å²) in [5.74, 6) is -3.36. The highest BCUT2D eigenvalue weighted by Gasteiger charge is 2.52. The predicted octanol–water partition coefficient (Wildman–Crippen LogP) is 6.81. The Labute approximate surface area is 221 Å². The number of carbonyl (C=O) groups excluding carboxylic acids is 4. The second-order valence-corrected chi connectivity index (χ2v) is 12.8. The summed E-state index contributed by atoms with van der Waals surface area (Å²) in [6, 6.07) is 17.5. The summed E-state index contributed by atoms with van der Waals surface area (Å²) >= 11 is 3.65. The lowest BCUT2D eigenvalue weighted by Crippen LogP contribution is -2.48. The van der Waals surface area contributed by atoms with Crippen molar-refractivity contribution in [1.29, 1.82) is 0 Å². The van der Waals surface area contributed by atoms with Crippen molar-refractivity contribution < 1.29 is 19.2 Å². The lowest BCUT2D eigenvalue weighted by atomic mass is 9.59. The minimum atomic E-state index is -0.966. The van der Waals surface area contributed by atoms with E-state index < -0.39 is 28.6 Å². The molecular formula is C31H33BrO4. The topological polar surface area (TPSA) is 68.3 Å². The molecule has 0 heterocycles. The molecule has 0 unspecified atom stereocenters. The summed E-state index contributed by atoms with van der Waals surface area (Å²) in [5, 5.41) is 0. The molecule has 2 aromatic carbocycles. The average molecular weight is 550 g/mol. The number of hydrogen-bond donors (Lipinski definition) is 0. The highest BCUT2D eigenvalue weighted by molar-refractivity contribution is 9.15. The maximum absolute atomic E-state index is 13.3. The molecule has 2 aromatic rings. The van der Waals surface area contributed by atoms with E-state index in [-0.39, 0.29) is 48.8 Å². The predicted molar refractivity (Wildman–Crippen MR) is 145 cm³/mol. The van der Waals surface area contributed by atoms with Gasteiger partial charge in [-0.3, -0.25) is 19.2 Å². The molecule has 4 nitrogen and oxygen atoms in total. The zero-order chi connectivity index (χ0) is 26.3. The molecule has 5 heteroatoms. The summed E-state index contributed by atoms with van der Waals surface area (Å²) in [6.45, 7) is 7.66. The van der Waals surface area contributed by atoms with E-state index in [1.807, 2.05) is 88.4 Å². The Morgan fingerprint density at radius 3 is 1.56 bits per heavy atom. The monoisotopic (exact) mass is 548 g/mol. The van der Waals surface area contributed by atoms with Gasteiger partial charge in [-0.15, -0.1) is 0 Å². The fraction of sp³-hybridized carbons (Fsp3) is 0.419. The number of rotatable bonds is 5. The molecule has 2 aliphatic rings. The zero-order valence-electron chi connectivity index (χ0n) is 21.3. The Morgan fingerprint density at radius 2 is 1.14 bits per heavy atom. The van der Waals surface area contributed by atoms with Crippen LogP contribution in [0.15, 0.2) is 54.6 Å². The van der Waals surface area contributed by atoms with Gasteiger partial charge in [0.05, 0.1) is 11.8 Å². The molecule has 4 rings (SSSR count). The Morgan fingerprint density at radius 1 is 0.722 bits per heavy atom. The fourth-order valence-corrected chi connectivity index (χ4v) is 6.36. The van der Waals surface area contributed by atoms with Gasteiger partial charge in [0.15, 0.2) is 0 Å². The van der Waals surface area contributed by atoms with E-state index in [0.717, 1.165) is 15.6 Å². The van der Waals surface area contributed by atoms with E-state index in [1.54, 1.807) is 0 Å². The first kappa shape index (κ1) is 26.4. The highest BCUT2D eigenvalue weighted by atomic mass is 79.9. The summed E-state index contributed by atoms with van der Waals surface area (Å²) in [5.41, 5.74) is 1.85. The number of carbonyl (C=O) groups is 4. The summed E-state index contributed by atoms with van der Waals surface area (Å²) in [6.07, 6.45) is 3.08. The second-order valence-electron chi connectivity index (χ2n) is 11.9. The first-order chi connectivity index (χ1) is 16.9. The van der Waals surface area contributed by atoms with Gasteiger partial charge in [-0.1, -0.05) is 98.2 Å². The number of Topliss-reactive ketones (excluding diaryl/α,β-unsaturated/α-hetero) is 4. The van der Waals surface area contributed by atoms with Crippen LogP contribution >= 0.6 is 15.9 Å². The van der Waals surface area contributed by atoms with Crippen molar-refractivity contribution in [2.45, 2.75) is 59.3 Å². The standard InChI is InChI=1S/C31H33BrO4/c1-30(2)15-23(33)28(24(34)16-30)27(29-25(35)17-31(3,4)18-26(29)36)21-12-10-20(11-13-21)22(32)14-19-8-6-5-7-9-19/h5-14,27-29H,15-18H2,1-4H3/b22-14-. The third-order valence-corrected chi connectivity index (χ3v) is 8.07. The largest absolute Gasteiger partial charge is 0.299 e. The van der Waals surface area contributed by atoms with E-state index in [4.69, 9.17) is 0 Å². The maximum Gasteiger partial charge on any atom is 0.144 e. The minimum Gasteiger partial charge on any atom is -0.299 e. The molecule has 0 aromatic heterocycles. The highest BCUT2D eigenvalue weighted by Crippen LogP contribution is 2.47. The van der Waals surface area contributed by atoms with Crippen molar-refractivity contribution in [3.05, 3.63) is 71.3 Å². The molecule has 0 N–H and O–H groups in total. The zero-order valence-corrected chi connectivity index (χ0v) is 22.9. The van der Waals surface area contributed by atoms with Gasteiger partial charge in [0, 0.05) is 36.1 Å². The summed E-state index contributed by atoms with van der Waals surface area (Å²) < 4.78 is 0.884. The van der Waals surface area contributed by atoms with E-state index >= 15 is 0 Å². The van der Waals surface area contributed by atoms with Gasteiger partial charge < -0.3 is 0 Å².